The molecule has 3 amide bonds. The van der Waals surface area contributed by atoms with Gasteiger partial charge in [-0.25, -0.2) is 0 Å². The van der Waals surface area contributed by atoms with Crippen LogP contribution in [0.3, 0.4) is 0 Å². The number of benzene rings is 2. The normalized spacial score (nSPS) is 14.6. The van der Waals surface area contributed by atoms with Crippen LogP contribution in [0.15, 0.2) is 60.7 Å². The highest BCUT2D eigenvalue weighted by Gasteiger charge is 2.32. The molecule has 2 aromatic rings. The van der Waals surface area contributed by atoms with Gasteiger partial charge in [0.25, 0.3) is 17.7 Å². The molecule has 0 aliphatic carbocycles. The molecule has 10 heteroatoms. The molecule has 1 fully saturated rings. The van der Waals surface area contributed by atoms with E-state index < -0.39 is 11.8 Å². The molecule has 0 radical (unpaired) electrons. The van der Waals surface area contributed by atoms with Gasteiger partial charge < -0.3 is 14.8 Å². The second-order valence-electron chi connectivity index (χ2n) is 6.99. The quantitative estimate of drug-likeness (QED) is 0.152. The third-order valence-electron chi connectivity index (χ3n) is 4.55. The number of carbonyl (C=O) groups excluding carboxylic acids is 3. The summed E-state index contributed by atoms with van der Waals surface area (Å²) in [7, 11) is 0. The molecule has 0 aromatic heterocycles. The van der Waals surface area contributed by atoms with Crippen LogP contribution in [-0.2, 0) is 14.4 Å². The van der Waals surface area contributed by atoms with Crippen molar-refractivity contribution in [2.24, 2.45) is 0 Å². The number of nitrogens with zero attached hydrogens (tertiary/aromatic N) is 1. The van der Waals surface area contributed by atoms with Gasteiger partial charge in [-0.05, 0) is 77.6 Å². The van der Waals surface area contributed by atoms with Crippen LogP contribution >= 0.6 is 34.8 Å². The zero-order valence-electron chi connectivity index (χ0n) is 18.3. The van der Waals surface area contributed by atoms with Gasteiger partial charge in [-0.15, -0.1) is 6.58 Å². The summed E-state index contributed by atoms with van der Waals surface area (Å²) in [5.74, 6) is -0.642. The van der Waals surface area contributed by atoms with Crippen molar-refractivity contribution < 1.29 is 23.9 Å². The van der Waals surface area contributed by atoms with Crippen LogP contribution in [0.25, 0.3) is 6.08 Å². The van der Waals surface area contributed by atoms with Gasteiger partial charge in [0.1, 0.15) is 5.57 Å². The molecular weight excluding hydrogens is 569 g/mol. The largest absolute Gasteiger partial charge is 0.490 e. The number of rotatable bonds is 9. The van der Waals surface area contributed by atoms with E-state index in [-0.39, 0.29) is 29.7 Å². The molecule has 34 heavy (non-hydrogen) atoms. The van der Waals surface area contributed by atoms with Gasteiger partial charge in [-0.3, -0.25) is 24.6 Å². The first-order valence-corrected chi connectivity index (χ1v) is 11.8. The molecule has 0 unspecified atom stereocenters. The highest BCUT2D eigenvalue weighted by atomic mass is 127. The van der Waals surface area contributed by atoms with Crippen LogP contribution in [0.5, 0.6) is 11.5 Å². The summed E-state index contributed by atoms with van der Waals surface area (Å²) in [6.45, 7) is 5.73. The van der Waals surface area contributed by atoms with Crippen molar-refractivity contribution in [2.45, 2.75) is 6.92 Å². The molecule has 0 spiro atoms. The molecule has 1 saturated heterocycles. The SMILES string of the molecule is C=CCN1C(=O)/C(=C/c2cc(I)c(OCC(=O)Nc3ccccc3)c(OCC)c2)C(=O)NC1=S. The van der Waals surface area contributed by atoms with E-state index in [2.05, 4.69) is 39.8 Å². The van der Waals surface area contributed by atoms with E-state index in [0.29, 0.717) is 32.9 Å². The molecule has 0 bridgehead atoms. The summed E-state index contributed by atoms with van der Waals surface area (Å²) in [4.78, 5) is 38.7. The van der Waals surface area contributed by atoms with Crippen molar-refractivity contribution in [3.05, 3.63) is 69.8 Å². The maximum atomic E-state index is 12.8. The van der Waals surface area contributed by atoms with Gasteiger partial charge in [0.15, 0.2) is 23.2 Å². The van der Waals surface area contributed by atoms with Gasteiger partial charge in [0.05, 0.1) is 10.2 Å². The van der Waals surface area contributed by atoms with Crippen LogP contribution in [0.1, 0.15) is 12.5 Å². The Bertz CT molecular complexity index is 1170. The summed E-state index contributed by atoms with van der Waals surface area (Å²) < 4.78 is 12.1. The number of anilines is 1. The fraction of sp³-hybridized carbons (Fsp3) is 0.167. The molecule has 0 atom stereocenters. The Kier molecular flexibility index (Phi) is 8.77. The number of ether oxygens (including phenoxy) is 2. The highest BCUT2D eigenvalue weighted by Crippen LogP contribution is 2.35. The summed E-state index contributed by atoms with van der Waals surface area (Å²) in [6.07, 6.45) is 2.99. The third kappa shape index (κ3) is 6.20. The third-order valence-corrected chi connectivity index (χ3v) is 5.67. The lowest BCUT2D eigenvalue weighted by Gasteiger charge is -2.27. The standard InChI is InChI=1S/C24H22IN3O5S/c1-3-10-28-23(31)17(22(30)27-24(28)34)11-15-12-18(25)21(19(13-15)32-4-2)33-14-20(29)26-16-8-6-5-7-9-16/h3,5-9,11-13H,1,4,10,14H2,2H3,(H,26,29)(H,27,30,34)/b17-11+. The molecular formula is C24H22IN3O5S. The fourth-order valence-corrected chi connectivity index (χ4v) is 4.12. The number of carbonyl (C=O) groups is 3. The van der Waals surface area contributed by atoms with Crippen molar-refractivity contribution >= 4 is 69.4 Å². The molecule has 3 rings (SSSR count). The lowest BCUT2D eigenvalue weighted by Crippen LogP contribution is -2.53. The monoisotopic (exact) mass is 591 g/mol. The van der Waals surface area contributed by atoms with E-state index in [1.165, 1.54) is 17.1 Å². The van der Waals surface area contributed by atoms with Crippen LogP contribution in [0, 0.1) is 3.57 Å². The minimum absolute atomic E-state index is 0.0363. The van der Waals surface area contributed by atoms with Gasteiger partial charge in [-0.2, -0.15) is 0 Å². The number of halogens is 1. The fourth-order valence-electron chi connectivity index (χ4n) is 3.09. The minimum Gasteiger partial charge on any atom is -0.490 e. The predicted octanol–water partition coefficient (Wildman–Crippen LogP) is 3.52. The Balaban J connectivity index is 1.83. The van der Waals surface area contributed by atoms with Crippen molar-refractivity contribution in [1.82, 2.24) is 10.2 Å². The zero-order valence-corrected chi connectivity index (χ0v) is 21.3. The smallest absolute Gasteiger partial charge is 0.265 e. The number of hydrogen-bond donors (Lipinski definition) is 2. The van der Waals surface area contributed by atoms with Crippen LogP contribution < -0.4 is 20.1 Å². The van der Waals surface area contributed by atoms with Crippen LogP contribution in [-0.4, -0.2) is 47.5 Å². The average molecular weight is 591 g/mol. The minimum atomic E-state index is -0.582. The van der Waals surface area contributed by atoms with E-state index >= 15 is 0 Å². The second-order valence-corrected chi connectivity index (χ2v) is 8.54. The Labute approximate surface area is 216 Å². The van der Waals surface area contributed by atoms with Crippen molar-refractivity contribution in [3.8, 4) is 11.5 Å². The van der Waals surface area contributed by atoms with E-state index in [9.17, 15) is 14.4 Å². The van der Waals surface area contributed by atoms with E-state index in [1.54, 1.807) is 24.3 Å². The van der Waals surface area contributed by atoms with E-state index in [4.69, 9.17) is 21.7 Å². The Morgan fingerprint density at radius 2 is 1.97 bits per heavy atom. The first-order valence-electron chi connectivity index (χ1n) is 10.3. The number of thiocarbonyl (C=S) groups is 1. The lowest BCUT2D eigenvalue weighted by molar-refractivity contribution is -0.128. The number of hydrogen-bond acceptors (Lipinski definition) is 6. The highest BCUT2D eigenvalue weighted by molar-refractivity contribution is 14.1. The topological polar surface area (TPSA) is 97.0 Å². The summed E-state index contributed by atoms with van der Waals surface area (Å²) in [6, 6.07) is 12.4. The second kappa shape index (κ2) is 11.7. The van der Waals surface area contributed by atoms with Gasteiger partial charge in [-0.1, -0.05) is 24.3 Å². The van der Waals surface area contributed by atoms with Gasteiger partial charge in [0.2, 0.25) is 0 Å². The maximum absolute atomic E-state index is 12.8. The maximum Gasteiger partial charge on any atom is 0.265 e. The van der Waals surface area contributed by atoms with Crippen molar-refractivity contribution in [2.75, 3.05) is 25.1 Å². The Morgan fingerprint density at radius 1 is 1.24 bits per heavy atom. The van der Waals surface area contributed by atoms with Crippen LogP contribution in [0.4, 0.5) is 5.69 Å². The summed E-state index contributed by atoms with van der Waals surface area (Å²) in [5.41, 5.74) is 1.15. The first-order chi connectivity index (χ1) is 16.3. The molecule has 2 N–H and O–H groups in total. The van der Waals surface area contributed by atoms with E-state index in [1.807, 2.05) is 25.1 Å². The van der Waals surface area contributed by atoms with E-state index in [0.717, 1.165) is 0 Å². The molecule has 1 heterocycles. The number of nitrogens with one attached hydrogen (secondary N) is 2. The molecule has 1 aliphatic rings. The molecule has 176 valence electrons. The van der Waals surface area contributed by atoms with Gasteiger partial charge in [0, 0.05) is 12.2 Å². The molecule has 1 aliphatic heterocycles. The lowest BCUT2D eigenvalue weighted by atomic mass is 10.1. The number of amides is 3. The van der Waals surface area contributed by atoms with Gasteiger partial charge >= 0.3 is 0 Å². The van der Waals surface area contributed by atoms with Crippen molar-refractivity contribution in [3.63, 3.8) is 0 Å². The zero-order chi connectivity index (χ0) is 24.7. The molecule has 0 saturated carbocycles. The summed E-state index contributed by atoms with van der Waals surface area (Å²) in [5, 5.41) is 5.30. The first kappa shape index (κ1) is 25.4. The Hall–Kier alpha value is -3.25. The summed E-state index contributed by atoms with van der Waals surface area (Å²) >= 11 is 7.13. The molecule has 2 aromatic carbocycles. The number of para-hydroxylation sites is 1. The van der Waals surface area contributed by atoms with Crippen molar-refractivity contribution in [1.29, 1.82) is 0 Å². The Morgan fingerprint density at radius 3 is 2.65 bits per heavy atom. The predicted molar refractivity (Wildman–Crippen MR) is 142 cm³/mol. The van der Waals surface area contributed by atoms with Crippen LogP contribution in [0.2, 0.25) is 0 Å². The molecule has 8 nitrogen and oxygen atoms in total. The average Bonchev–Trinajstić information content (AvgIpc) is 2.80.